The average Bonchev–Trinajstić information content (AvgIpc) is 3.18. The number of aromatic nitrogens is 4. The maximum Gasteiger partial charge on any atom is 0.252 e. The summed E-state index contributed by atoms with van der Waals surface area (Å²) in [5.41, 5.74) is 0.672. The lowest BCUT2D eigenvalue weighted by Crippen LogP contribution is -2.31. The molecular weight excluding hydrogens is 336 g/mol. The van der Waals surface area contributed by atoms with Crippen molar-refractivity contribution in [3.05, 3.63) is 35.5 Å². The van der Waals surface area contributed by atoms with E-state index in [2.05, 4.69) is 20.6 Å². The van der Waals surface area contributed by atoms with E-state index < -0.39 is 10.0 Å². The van der Waals surface area contributed by atoms with Gasteiger partial charge in [0.15, 0.2) is 11.5 Å². The molecule has 0 bridgehead atoms. The molecule has 122 valence electrons. The van der Waals surface area contributed by atoms with Crippen LogP contribution in [0.1, 0.15) is 5.82 Å². The van der Waals surface area contributed by atoms with Crippen LogP contribution in [0.2, 0.25) is 0 Å². The Bertz CT molecular complexity index is 904. The second kappa shape index (κ2) is 6.22. The van der Waals surface area contributed by atoms with Gasteiger partial charge in [-0.1, -0.05) is 6.07 Å². The van der Waals surface area contributed by atoms with Crippen LogP contribution in [0.4, 0.5) is 5.82 Å². The van der Waals surface area contributed by atoms with Gasteiger partial charge in [0.25, 0.3) is 10.0 Å². The molecule has 0 amide bonds. The lowest BCUT2D eigenvalue weighted by molar-refractivity contribution is 0.482. The highest BCUT2D eigenvalue weighted by atomic mass is 32.2. The van der Waals surface area contributed by atoms with Crippen LogP contribution >= 0.6 is 11.3 Å². The lowest BCUT2D eigenvalue weighted by Gasteiger charge is -2.16. The number of rotatable bonds is 6. The van der Waals surface area contributed by atoms with Gasteiger partial charge in [0.2, 0.25) is 0 Å². The standard InChI is InChI=1S/C13H16N6O2S2/c1-10-15-16-12-6-5-11(17-19(10)12)14-7-8-18(2)23(20,21)13-4-3-9-22-13/h3-6,9H,7-8H2,1-2H3,(H,14,17). The van der Waals surface area contributed by atoms with E-state index in [-0.39, 0.29) is 0 Å². The minimum atomic E-state index is -3.42. The first-order chi connectivity index (χ1) is 11.0. The van der Waals surface area contributed by atoms with Crippen molar-refractivity contribution in [3.63, 3.8) is 0 Å². The van der Waals surface area contributed by atoms with Crippen molar-refractivity contribution in [2.75, 3.05) is 25.5 Å². The molecule has 0 aliphatic carbocycles. The van der Waals surface area contributed by atoms with Crippen molar-refractivity contribution in [2.24, 2.45) is 0 Å². The highest BCUT2D eigenvalue weighted by molar-refractivity contribution is 7.91. The first-order valence-electron chi connectivity index (χ1n) is 6.91. The minimum Gasteiger partial charge on any atom is -0.367 e. The monoisotopic (exact) mass is 352 g/mol. The SMILES string of the molecule is Cc1nnc2ccc(NCCN(C)S(=O)(=O)c3cccs3)nn12. The maximum atomic E-state index is 12.3. The fourth-order valence-electron chi connectivity index (χ4n) is 2.02. The minimum absolute atomic E-state index is 0.334. The molecule has 0 fully saturated rings. The number of aryl methyl sites for hydroxylation is 1. The molecule has 1 N–H and O–H groups in total. The molecule has 0 aliphatic heterocycles. The van der Waals surface area contributed by atoms with Gasteiger partial charge >= 0.3 is 0 Å². The Balaban J connectivity index is 1.63. The van der Waals surface area contributed by atoms with Crippen LogP contribution in [-0.4, -0.2) is 52.7 Å². The van der Waals surface area contributed by atoms with Crippen LogP contribution in [0.3, 0.4) is 0 Å². The largest absolute Gasteiger partial charge is 0.367 e. The first-order valence-corrected chi connectivity index (χ1v) is 9.23. The number of nitrogens with zero attached hydrogens (tertiary/aromatic N) is 5. The number of sulfonamides is 1. The fourth-order valence-corrected chi connectivity index (χ4v) is 4.39. The molecule has 0 aromatic carbocycles. The Morgan fingerprint density at radius 2 is 2.13 bits per heavy atom. The Morgan fingerprint density at radius 3 is 2.87 bits per heavy atom. The van der Waals surface area contributed by atoms with Gasteiger partial charge in [0.1, 0.15) is 10.0 Å². The summed E-state index contributed by atoms with van der Waals surface area (Å²) in [7, 11) is -1.85. The number of fused-ring (bicyclic) bond motifs is 1. The molecule has 3 aromatic heterocycles. The number of thiophene rings is 1. The Morgan fingerprint density at radius 1 is 1.30 bits per heavy atom. The van der Waals surface area contributed by atoms with Crippen LogP contribution in [0.5, 0.6) is 0 Å². The van der Waals surface area contributed by atoms with Crippen molar-refractivity contribution in [1.29, 1.82) is 0 Å². The van der Waals surface area contributed by atoms with Crippen LogP contribution in [-0.2, 0) is 10.0 Å². The third-order valence-corrected chi connectivity index (χ3v) is 6.54. The average molecular weight is 352 g/mol. The molecule has 0 atom stereocenters. The van der Waals surface area contributed by atoms with Gasteiger partial charge in [-0.25, -0.2) is 8.42 Å². The highest BCUT2D eigenvalue weighted by Gasteiger charge is 2.21. The van der Waals surface area contributed by atoms with Crippen LogP contribution < -0.4 is 5.32 Å². The zero-order chi connectivity index (χ0) is 16.4. The number of likely N-dealkylation sites (N-methyl/N-ethyl adjacent to an activating group) is 1. The molecule has 3 rings (SSSR count). The zero-order valence-electron chi connectivity index (χ0n) is 12.7. The maximum absolute atomic E-state index is 12.3. The number of nitrogens with one attached hydrogen (secondary N) is 1. The van der Waals surface area contributed by atoms with Gasteiger partial charge in [-0.15, -0.1) is 26.6 Å². The van der Waals surface area contributed by atoms with E-state index in [9.17, 15) is 8.42 Å². The zero-order valence-corrected chi connectivity index (χ0v) is 14.3. The third kappa shape index (κ3) is 3.19. The molecule has 3 heterocycles. The van der Waals surface area contributed by atoms with E-state index in [1.807, 2.05) is 6.92 Å². The van der Waals surface area contributed by atoms with E-state index in [1.54, 1.807) is 41.2 Å². The molecule has 23 heavy (non-hydrogen) atoms. The summed E-state index contributed by atoms with van der Waals surface area (Å²) in [5.74, 6) is 1.34. The quantitative estimate of drug-likeness (QED) is 0.717. The van der Waals surface area contributed by atoms with Gasteiger partial charge in [-0.2, -0.15) is 8.82 Å². The van der Waals surface area contributed by atoms with Crippen LogP contribution in [0.15, 0.2) is 33.9 Å². The second-order valence-electron chi connectivity index (χ2n) is 4.92. The Hall–Kier alpha value is -2.04. The molecule has 0 spiro atoms. The molecule has 0 radical (unpaired) electrons. The molecule has 0 aliphatic rings. The van der Waals surface area contributed by atoms with E-state index in [0.717, 1.165) is 0 Å². The van der Waals surface area contributed by atoms with Crippen LogP contribution in [0, 0.1) is 6.92 Å². The van der Waals surface area contributed by atoms with Gasteiger partial charge in [0.05, 0.1) is 0 Å². The molecule has 3 aromatic rings. The lowest BCUT2D eigenvalue weighted by atomic mass is 10.5. The first kappa shape index (κ1) is 15.8. The van der Waals surface area contributed by atoms with Crippen molar-refractivity contribution in [1.82, 2.24) is 24.1 Å². The molecule has 8 nitrogen and oxygen atoms in total. The summed E-state index contributed by atoms with van der Waals surface area (Å²) in [6.07, 6.45) is 0. The molecule has 10 heteroatoms. The van der Waals surface area contributed by atoms with Crippen molar-refractivity contribution in [3.8, 4) is 0 Å². The Kier molecular flexibility index (Phi) is 4.28. The van der Waals surface area contributed by atoms with E-state index >= 15 is 0 Å². The predicted octanol–water partition coefficient (Wildman–Crippen LogP) is 1.23. The summed E-state index contributed by atoms with van der Waals surface area (Å²) >= 11 is 1.21. The third-order valence-electron chi connectivity index (χ3n) is 3.31. The smallest absolute Gasteiger partial charge is 0.252 e. The van der Waals surface area contributed by atoms with Crippen molar-refractivity contribution in [2.45, 2.75) is 11.1 Å². The van der Waals surface area contributed by atoms with Crippen molar-refractivity contribution >= 4 is 32.8 Å². The predicted molar refractivity (Wildman–Crippen MR) is 88.1 cm³/mol. The number of anilines is 1. The fraction of sp³-hybridized carbons (Fsp3) is 0.308. The Labute approximate surface area is 137 Å². The number of hydrogen-bond acceptors (Lipinski definition) is 7. The van der Waals surface area contributed by atoms with E-state index in [4.69, 9.17) is 0 Å². The molecular formula is C13H16N6O2S2. The summed E-state index contributed by atoms with van der Waals surface area (Å²) in [6, 6.07) is 6.93. The number of hydrogen-bond donors (Lipinski definition) is 1. The van der Waals surface area contributed by atoms with Gasteiger partial charge in [0, 0.05) is 20.1 Å². The van der Waals surface area contributed by atoms with E-state index in [0.29, 0.717) is 34.6 Å². The van der Waals surface area contributed by atoms with Gasteiger partial charge < -0.3 is 5.32 Å². The molecule has 0 saturated heterocycles. The summed E-state index contributed by atoms with van der Waals surface area (Å²) in [5, 5.41) is 17.1. The van der Waals surface area contributed by atoms with Crippen LogP contribution in [0.25, 0.3) is 5.65 Å². The second-order valence-corrected chi connectivity index (χ2v) is 8.14. The van der Waals surface area contributed by atoms with E-state index in [1.165, 1.54) is 15.6 Å². The normalized spacial score (nSPS) is 12.1. The summed E-state index contributed by atoms with van der Waals surface area (Å²) < 4.78 is 27.9. The molecule has 0 saturated carbocycles. The molecule has 0 unspecified atom stereocenters. The van der Waals surface area contributed by atoms with Gasteiger partial charge in [-0.3, -0.25) is 0 Å². The summed E-state index contributed by atoms with van der Waals surface area (Å²) in [6.45, 7) is 2.60. The summed E-state index contributed by atoms with van der Waals surface area (Å²) in [4.78, 5) is 0. The van der Waals surface area contributed by atoms with Crippen molar-refractivity contribution < 1.29 is 8.42 Å². The van der Waals surface area contributed by atoms with Gasteiger partial charge in [-0.05, 0) is 30.5 Å². The highest BCUT2D eigenvalue weighted by Crippen LogP contribution is 2.19. The topological polar surface area (TPSA) is 92.5 Å².